The highest BCUT2D eigenvalue weighted by molar-refractivity contribution is 5.75. The summed E-state index contributed by atoms with van der Waals surface area (Å²) in [5.41, 5.74) is 0. The van der Waals surface area contributed by atoms with E-state index in [4.69, 9.17) is 4.74 Å². The summed E-state index contributed by atoms with van der Waals surface area (Å²) in [4.78, 5) is 11.0. The van der Waals surface area contributed by atoms with E-state index in [2.05, 4.69) is 19.2 Å². The van der Waals surface area contributed by atoms with Gasteiger partial charge >= 0.3 is 0 Å². The van der Waals surface area contributed by atoms with Crippen molar-refractivity contribution in [3.63, 3.8) is 0 Å². The first-order chi connectivity index (χ1) is 5.66. The molecule has 12 heavy (non-hydrogen) atoms. The molecule has 0 aliphatic rings. The number of hydrogen-bond acceptors (Lipinski definition) is 2. The maximum atomic E-state index is 11.0. The lowest BCUT2D eigenvalue weighted by molar-refractivity contribution is -0.122. The molecule has 0 aromatic heterocycles. The Hall–Kier alpha value is -0.570. The topological polar surface area (TPSA) is 38.3 Å². The number of rotatable bonds is 6. The van der Waals surface area contributed by atoms with Gasteiger partial charge in [-0.25, -0.2) is 0 Å². The van der Waals surface area contributed by atoms with E-state index in [0.717, 1.165) is 6.54 Å². The first-order valence-electron chi connectivity index (χ1n) is 4.51. The molecule has 0 fully saturated rings. The molecule has 0 atom stereocenters. The Kier molecular flexibility index (Phi) is 6.76. The van der Waals surface area contributed by atoms with Crippen LogP contribution >= 0.6 is 0 Å². The molecule has 0 saturated heterocycles. The Balaban J connectivity index is 3.22. The zero-order valence-corrected chi connectivity index (χ0v) is 8.22. The van der Waals surface area contributed by atoms with E-state index < -0.39 is 0 Å². The van der Waals surface area contributed by atoms with Gasteiger partial charge < -0.3 is 10.1 Å². The molecule has 72 valence electrons. The minimum absolute atomic E-state index is 0.0807. The Morgan fingerprint density at radius 3 is 2.67 bits per heavy atom. The number of carbonyl (C=O) groups is 1. The van der Waals surface area contributed by atoms with Crippen molar-refractivity contribution in [3.8, 4) is 0 Å². The minimum Gasteiger partial charge on any atom is -0.381 e. The summed E-state index contributed by atoms with van der Waals surface area (Å²) in [6.07, 6.45) is 0.473. The van der Waals surface area contributed by atoms with Crippen LogP contribution in [0.2, 0.25) is 0 Å². The second-order valence-corrected chi connectivity index (χ2v) is 3.14. The van der Waals surface area contributed by atoms with Crippen molar-refractivity contribution in [2.45, 2.75) is 27.2 Å². The fourth-order valence-electron chi connectivity index (χ4n) is 0.716. The summed E-state index contributed by atoms with van der Waals surface area (Å²) in [7, 11) is 0. The molecule has 0 spiro atoms. The van der Waals surface area contributed by atoms with Crippen molar-refractivity contribution in [2.24, 2.45) is 5.92 Å². The van der Waals surface area contributed by atoms with Crippen LogP contribution in [-0.2, 0) is 9.53 Å². The van der Waals surface area contributed by atoms with Crippen molar-refractivity contribution < 1.29 is 9.53 Å². The van der Waals surface area contributed by atoms with Gasteiger partial charge in [-0.3, -0.25) is 4.79 Å². The molecule has 0 aromatic carbocycles. The van der Waals surface area contributed by atoms with E-state index in [0.29, 0.717) is 25.6 Å². The van der Waals surface area contributed by atoms with Crippen molar-refractivity contribution in [1.82, 2.24) is 5.32 Å². The van der Waals surface area contributed by atoms with Crippen LogP contribution in [0.1, 0.15) is 27.2 Å². The maximum Gasteiger partial charge on any atom is 0.222 e. The third kappa shape index (κ3) is 7.54. The molecule has 3 heteroatoms. The highest BCUT2D eigenvalue weighted by atomic mass is 16.5. The smallest absolute Gasteiger partial charge is 0.222 e. The van der Waals surface area contributed by atoms with Crippen LogP contribution in [-0.4, -0.2) is 25.7 Å². The summed E-state index contributed by atoms with van der Waals surface area (Å²) in [6, 6.07) is 0. The van der Waals surface area contributed by atoms with E-state index in [-0.39, 0.29) is 5.91 Å². The lowest BCUT2D eigenvalue weighted by atomic mass is 10.2. The molecule has 0 rings (SSSR count). The lowest BCUT2D eigenvalue weighted by Gasteiger charge is -2.06. The SMILES string of the molecule is CCOCCC(=O)NCC(C)C. The van der Waals surface area contributed by atoms with Gasteiger partial charge in [0.2, 0.25) is 5.91 Å². The lowest BCUT2D eigenvalue weighted by Crippen LogP contribution is -2.28. The minimum atomic E-state index is 0.0807. The predicted molar refractivity (Wildman–Crippen MR) is 49.0 cm³/mol. The van der Waals surface area contributed by atoms with Gasteiger partial charge in [-0.05, 0) is 12.8 Å². The highest BCUT2D eigenvalue weighted by Gasteiger charge is 2.00. The largest absolute Gasteiger partial charge is 0.381 e. The third-order valence-corrected chi connectivity index (χ3v) is 1.39. The molecule has 0 aromatic rings. The monoisotopic (exact) mass is 173 g/mol. The zero-order chi connectivity index (χ0) is 9.40. The molecular formula is C9H19NO2. The summed E-state index contributed by atoms with van der Waals surface area (Å²) in [5, 5.41) is 2.82. The van der Waals surface area contributed by atoms with E-state index in [1.54, 1.807) is 0 Å². The number of carbonyl (C=O) groups excluding carboxylic acids is 1. The Bertz CT molecular complexity index is 124. The standard InChI is InChI=1S/C9H19NO2/c1-4-12-6-5-9(11)10-7-8(2)3/h8H,4-7H2,1-3H3,(H,10,11). The second kappa shape index (κ2) is 7.10. The number of nitrogens with one attached hydrogen (secondary N) is 1. The van der Waals surface area contributed by atoms with Crippen LogP contribution in [0.5, 0.6) is 0 Å². The van der Waals surface area contributed by atoms with Crippen LogP contribution in [0.3, 0.4) is 0 Å². The van der Waals surface area contributed by atoms with Gasteiger partial charge in [0.05, 0.1) is 6.61 Å². The highest BCUT2D eigenvalue weighted by Crippen LogP contribution is 1.88. The van der Waals surface area contributed by atoms with Crippen LogP contribution in [0, 0.1) is 5.92 Å². The molecule has 1 amide bonds. The van der Waals surface area contributed by atoms with Crippen molar-refractivity contribution in [3.05, 3.63) is 0 Å². The Labute approximate surface area is 74.5 Å². The average molecular weight is 173 g/mol. The summed E-state index contributed by atoms with van der Waals surface area (Å²) >= 11 is 0. The first kappa shape index (κ1) is 11.4. The van der Waals surface area contributed by atoms with Crippen LogP contribution < -0.4 is 5.32 Å². The molecule has 0 unspecified atom stereocenters. The van der Waals surface area contributed by atoms with Crippen molar-refractivity contribution in [1.29, 1.82) is 0 Å². The zero-order valence-electron chi connectivity index (χ0n) is 8.22. The predicted octanol–water partition coefficient (Wildman–Crippen LogP) is 1.19. The van der Waals surface area contributed by atoms with Crippen LogP contribution in [0.4, 0.5) is 0 Å². The fraction of sp³-hybridized carbons (Fsp3) is 0.889. The average Bonchev–Trinajstić information content (AvgIpc) is 2.01. The fourth-order valence-corrected chi connectivity index (χ4v) is 0.716. The van der Waals surface area contributed by atoms with Gasteiger partial charge in [0, 0.05) is 19.6 Å². The van der Waals surface area contributed by atoms with E-state index >= 15 is 0 Å². The van der Waals surface area contributed by atoms with Gasteiger partial charge in [0.15, 0.2) is 0 Å². The van der Waals surface area contributed by atoms with Gasteiger partial charge in [0.25, 0.3) is 0 Å². The van der Waals surface area contributed by atoms with Gasteiger partial charge in [-0.15, -0.1) is 0 Å². The van der Waals surface area contributed by atoms with Gasteiger partial charge in [0.1, 0.15) is 0 Å². The number of amides is 1. The Morgan fingerprint density at radius 1 is 1.50 bits per heavy atom. The molecular weight excluding hydrogens is 154 g/mol. The van der Waals surface area contributed by atoms with Gasteiger partial charge in [-0.1, -0.05) is 13.8 Å². The quantitative estimate of drug-likeness (QED) is 0.613. The normalized spacial score (nSPS) is 10.3. The summed E-state index contributed by atoms with van der Waals surface area (Å²) in [5.74, 6) is 0.596. The van der Waals surface area contributed by atoms with Crippen molar-refractivity contribution in [2.75, 3.05) is 19.8 Å². The third-order valence-electron chi connectivity index (χ3n) is 1.39. The van der Waals surface area contributed by atoms with E-state index in [9.17, 15) is 4.79 Å². The molecule has 0 heterocycles. The van der Waals surface area contributed by atoms with E-state index in [1.165, 1.54) is 0 Å². The number of ether oxygens (including phenoxy) is 1. The molecule has 0 saturated carbocycles. The molecule has 0 bridgehead atoms. The van der Waals surface area contributed by atoms with Crippen molar-refractivity contribution >= 4 is 5.91 Å². The number of hydrogen-bond donors (Lipinski definition) is 1. The molecule has 1 N–H and O–H groups in total. The summed E-state index contributed by atoms with van der Waals surface area (Å²) < 4.78 is 5.05. The second-order valence-electron chi connectivity index (χ2n) is 3.14. The molecule has 0 radical (unpaired) electrons. The van der Waals surface area contributed by atoms with Crippen LogP contribution in [0.15, 0.2) is 0 Å². The Morgan fingerprint density at radius 2 is 2.17 bits per heavy atom. The van der Waals surface area contributed by atoms with Gasteiger partial charge in [-0.2, -0.15) is 0 Å². The molecule has 0 aliphatic heterocycles. The molecule has 0 aliphatic carbocycles. The molecule has 3 nitrogen and oxygen atoms in total. The summed E-state index contributed by atoms with van der Waals surface area (Å²) in [6.45, 7) is 8.03. The van der Waals surface area contributed by atoms with Crippen LogP contribution in [0.25, 0.3) is 0 Å². The maximum absolute atomic E-state index is 11.0. The van der Waals surface area contributed by atoms with E-state index in [1.807, 2.05) is 6.92 Å². The first-order valence-corrected chi connectivity index (χ1v) is 4.51.